The van der Waals surface area contributed by atoms with Crippen molar-refractivity contribution in [1.29, 1.82) is 0 Å². The Hall–Kier alpha value is -3.15. The van der Waals surface area contributed by atoms with Crippen molar-refractivity contribution in [2.24, 2.45) is 0 Å². The van der Waals surface area contributed by atoms with Crippen molar-refractivity contribution in [2.45, 2.75) is 44.6 Å². The van der Waals surface area contributed by atoms with Gasteiger partial charge < -0.3 is 14.4 Å². The largest absolute Gasteiger partial charge is 0.378 e. The summed E-state index contributed by atoms with van der Waals surface area (Å²) in [7, 11) is 4.06. The summed E-state index contributed by atoms with van der Waals surface area (Å²) in [5, 5.41) is 0. The predicted molar refractivity (Wildman–Crippen MR) is 127 cm³/mol. The maximum Gasteiger partial charge on any atom is 0.255 e. The summed E-state index contributed by atoms with van der Waals surface area (Å²) in [4.78, 5) is 26.4. The van der Waals surface area contributed by atoms with Crippen LogP contribution in [0.3, 0.4) is 0 Å². The second kappa shape index (κ2) is 8.77. The minimum Gasteiger partial charge on any atom is -0.378 e. The first-order chi connectivity index (χ1) is 15.6. The molecule has 1 saturated heterocycles. The van der Waals surface area contributed by atoms with Crippen molar-refractivity contribution >= 4 is 11.6 Å². The predicted octanol–water partition coefficient (Wildman–Crippen LogP) is 4.37. The molecule has 2 aromatic heterocycles. The number of hydrogen-bond acceptors (Lipinski definition) is 4. The zero-order valence-electron chi connectivity index (χ0n) is 19.0. The Bertz CT molecular complexity index is 1090. The van der Waals surface area contributed by atoms with Gasteiger partial charge in [0.25, 0.3) is 5.91 Å². The van der Waals surface area contributed by atoms with Gasteiger partial charge in [0.2, 0.25) is 0 Å². The first kappa shape index (κ1) is 20.7. The number of carbonyl (C=O) groups excluding carboxylic acids is 1. The highest BCUT2D eigenvalue weighted by atomic mass is 16.2. The number of aromatic nitrogens is 3. The molecule has 0 radical (unpaired) electrons. The molecule has 2 aliphatic heterocycles. The third-order valence-corrected chi connectivity index (χ3v) is 6.88. The van der Waals surface area contributed by atoms with E-state index in [2.05, 4.69) is 44.9 Å². The van der Waals surface area contributed by atoms with E-state index in [1.165, 1.54) is 24.4 Å². The van der Waals surface area contributed by atoms with Gasteiger partial charge in [-0.2, -0.15) is 0 Å². The number of pyridine rings is 1. The van der Waals surface area contributed by atoms with Crippen molar-refractivity contribution in [1.82, 2.24) is 19.4 Å². The minimum atomic E-state index is 0.0767. The van der Waals surface area contributed by atoms with E-state index in [9.17, 15) is 4.79 Å². The Balaban J connectivity index is 1.26. The van der Waals surface area contributed by atoms with Gasteiger partial charge in [-0.1, -0.05) is 12.1 Å². The van der Waals surface area contributed by atoms with E-state index in [-0.39, 0.29) is 5.91 Å². The molecule has 0 aliphatic carbocycles. The van der Waals surface area contributed by atoms with Crippen molar-refractivity contribution < 1.29 is 4.79 Å². The fraction of sp³-hybridized carbons (Fsp3) is 0.423. The highest BCUT2D eigenvalue weighted by molar-refractivity contribution is 5.95. The van der Waals surface area contributed by atoms with Crippen molar-refractivity contribution in [2.75, 3.05) is 32.1 Å². The normalized spacial score (nSPS) is 16.6. The van der Waals surface area contributed by atoms with Crippen LogP contribution >= 0.6 is 0 Å². The molecule has 0 saturated carbocycles. The molecule has 1 amide bonds. The number of anilines is 1. The molecule has 0 atom stereocenters. The summed E-state index contributed by atoms with van der Waals surface area (Å²) < 4.78 is 2.43. The maximum atomic E-state index is 13.2. The molecule has 1 fully saturated rings. The quantitative estimate of drug-likeness (QED) is 0.618. The molecule has 6 nitrogen and oxygen atoms in total. The lowest BCUT2D eigenvalue weighted by molar-refractivity contribution is 0.0709. The molecule has 2 aliphatic rings. The van der Waals surface area contributed by atoms with Gasteiger partial charge in [-0.3, -0.25) is 9.78 Å². The van der Waals surface area contributed by atoms with Gasteiger partial charge in [0, 0.05) is 75.2 Å². The van der Waals surface area contributed by atoms with Crippen LogP contribution in [0.2, 0.25) is 0 Å². The minimum absolute atomic E-state index is 0.0767. The summed E-state index contributed by atoms with van der Waals surface area (Å²) >= 11 is 0. The van der Waals surface area contributed by atoms with Gasteiger partial charge >= 0.3 is 0 Å². The highest BCUT2D eigenvalue weighted by Crippen LogP contribution is 2.31. The monoisotopic (exact) mass is 429 g/mol. The van der Waals surface area contributed by atoms with E-state index in [1.807, 2.05) is 31.3 Å². The molecule has 4 heterocycles. The van der Waals surface area contributed by atoms with Gasteiger partial charge in [0.15, 0.2) is 0 Å². The van der Waals surface area contributed by atoms with Gasteiger partial charge in [-0.15, -0.1) is 0 Å². The fourth-order valence-corrected chi connectivity index (χ4v) is 4.98. The third kappa shape index (κ3) is 4.01. The number of hydrogen-bond donors (Lipinski definition) is 0. The van der Waals surface area contributed by atoms with Crippen LogP contribution in [0.15, 0.2) is 48.9 Å². The number of carbonyl (C=O) groups is 1. The number of rotatable bonds is 4. The van der Waals surface area contributed by atoms with Crippen LogP contribution in [0.25, 0.3) is 11.1 Å². The molecule has 1 aromatic carbocycles. The average molecular weight is 430 g/mol. The van der Waals surface area contributed by atoms with E-state index in [1.54, 1.807) is 6.20 Å². The Kier molecular flexibility index (Phi) is 5.68. The first-order valence-corrected chi connectivity index (χ1v) is 11.7. The summed E-state index contributed by atoms with van der Waals surface area (Å²) in [6.07, 6.45) is 11.2. The summed E-state index contributed by atoms with van der Waals surface area (Å²) in [6, 6.07) is 10.3. The molecule has 32 heavy (non-hydrogen) atoms. The fourth-order valence-electron chi connectivity index (χ4n) is 4.98. The third-order valence-electron chi connectivity index (χ3n) is 6.88. The zero-order chi connectivity index (χ0) is 22.1. The average Bonchev–Trinajstić information content (AvgIpc) is 3.28. The molecular weight excluding hydrogens is 398 g/mol. The van der Waals surface area contributed by atoms with Crippen molar-refractivity contribution in [3.8, 4) is 11.1 Å². The molecule has 0 unspecified atom stereocenters. The number of likely N-dealkylation sites (tertiary alicyclic amines) is 1. The van der Waals surface area contributed by atoms with E-state index < -0.39 is 0 Å². The molecular formula is C26H31N5O. The lowest BCUT2D eigenvalue weighted by Gasteiger charge is -2.32. The molecule has 3 aromatic rings. The smallest absolute Gasteiger partial charge is 0.255 e. The second-order valence-corrected chi connectivity index (χ2v) is 9.19. The number of piperidine rings is 1. The Morgan fingerprint density at radius 3 is 2.50 bits per heavy atom. The topological polar surface area (TPSA) is 54.3 Å². The Labute approximate surface area is 189 Å². The Morgan fingerprint density at radius 2 is 1.75 bits per heavy atom. The molecule has 0 N–H and O–H groups in total. The molecule has 0 spiro atoms. The van der Waals surface area contributed by atoms with E-state index in [0.717, 1.165) is 55.7 Å². The second-order valence-electron chi connectivity index (χ2n) is 9.19. The van der Waals surface area contributed by atoms with E-state index in [0.29, 0.717) is 11.5 Å². The number of aryl methyl sites for hydroxylation is 1. The van der Waals surface area contributed by atoms with E-state index in [4.69, 9.17) is 4.98 Å². The first-order valence-electron chi connectivity index (χ1n) is 11.7. The van der Waals surface area contributed by atoms with Crippen molar-refractivity contribution in [3.05, 3.63) is 66.0 Å². The van der Waals surface area contributed by atoms with Crippen LogP contribution in [0.4, 0.5) is 5.69 Å². The lowest BCUT2D eigenvalue weighted by Crippen LogP contribution is -2.38. The number of benzene rings is 1. The Morgan fingerprint density at radius 1 is 0.969 bits per heavy atom. The van der Waals surface area contributed by atoms with E-state index >= 15 is 0 Å². The number of fused-ring (bicyclic) bond motifs is 1. The molecule has 166 valence electrons. The molecule has 5 rings (SSSR count). The van der Waals surface area contributed by atoms with Gasteiger partial charge in [-0.25, -0.2) is 4.98 Å². The summed E-state index contributed by atoms with van der Waals surface area (Å²) in [5.41, 5.74) is 5.23. The van der Waals surface area contributed by atoms with Crippen molar-refractivity contribution in [3.63, 3.8) is 0 Å². The van der Waals surface area contributed by atoms with Crippen LogP contribution in [0, 0.1) is 0 Å². The molecule has 0 bridgehead atoms. The van der Waals surface area contributed by atoms with Crippen LogP contribution in [0.5, 0.6) is 0 Å². The number of nitrogens with zero attached hydrogens (tertiary/aromatic N) is 5. The SMILES string of the molecule is CN(C)c1ccc(-c2cncc(C(=O)N3CCC(c4ncc5n4CCCC5)CC3)c2)cc1. The standard InChI is InChI=1S/C26H31N5O/c1-29(2)23-8-6-19(7-9-23)21-15-22(17-27-16-21)26(32)30-13-10-20(11-14-30)25-28-18-24-5-3-4-12-31(24)25/h6-9,15-18,20H,3-5,10-14H2,1-2H3. The van der Waals surface area contributed by atoms with Crippen LogP contribution in [0.1, 0.15) is 53.5 Å². The zero-order valence-corrected chi connectivity index (χ0v) is 19.0. The van der Waals surface area contributed by atoms with Crippen LogP contribution < -0.4 is 4.90 Å². The number of imidazole rings is 1. The van der Waals surface area contributed by atoms with Gasteiger partial charge in [0.1, 0.15) is 5.82 Å². The maximum absolute atomic E-state index is 13.2. The van der Waals surface area contributed by atoms with Crippen LogP contribution in [-0.4, -0.2) is 52.5 Å². The number of amides is 1. The lowest BCUT2D eigenvalue weighted by atomic mass is 9.95. The summed E-state index contributed by atoms with van der Waals surface area (Å²) in [6.45, 7) is 2.64. The summed E-state index contributed by atoms with van der Waals surface area (Å²) in [5.74, 6) is 1.76. The molecule has 6 heteroatoms. The van der Waals surface area contributed by atoms with Gasteiger partial charge in [0.05, 0.1) is 5.56 Å². The van der Waals surface area contributed by atoms with Gasteiger partial charge in [-0.05, 0) is 55.9 Å². The highest BCUT2D eigenvalue weighted by Gasteiger charge is 2.28. The van der Waals surface area contributed by atoms with Crippen LogP contribution in [-0.2, 0) is 13.0 Å².